The van der Waals surface area contributed by atoms with Gasteiger partial charge in [0, 0.05) is 16.7 Å². The molecule has 4 nitrogen and oxygen atoms in total. The first kappa shape index (κ1) is 39.8. The number of ether oxygens (including phenoxy) is 1. The van der Waals surface area contributed by atoms with Gasteiger partial charge in [-0.1, -0.05) is 19.2 Å². The van der Waals surface area contributed by atoms with Gasteiger partial charge in [-0.25, -0.2) is 4.79 Å². The number of alkyl halides is 18. The summed E-state index contributed by atoms with van der Waals surface area (Å²) in [6.07, 6.45) is -41.5. The van der Waals surface area contributed by atoms with Gasteiger partial charge in [-0.2, -0.15) is 79.0 Å². The third-order valence-corrected chi connectivity index (χ3v) is 4.84. The van der Waals surface area contributed by atoms with Crippen molar-refractivity contribution in [3.8, 4) is 0 Å². The lowest BCUT2D eigenvalue weighted by molar-refractivity contribution is -0.378. The molecule has 0 spiro atoms. The van der Waals surface area contributed by atoms with Gasteiger partial charge in [0.15, 0.2) is 0 Å². The highest BCUT2D eigenvalue weighted by molar-refractivity contribution is 5.87. The van der Waals surface area contributed by atoms with Crippen molar-refractivity contribution in [2.24, 2.45) is 0 Å². The quantitative estimate of drug-likeness (QED) is 0.193. The Bertz CT molecular complexity index is 1070. The van der Waals surface area contributed by atoms with E-state index in [1.807, 2.05) is 0 Å². The van der Waals surface area contributed by atoms with Crippen LogP contribution in [0.4, 0.5) is 79.0 Å². The highest BCUT2D eigenvalue weighted by atomic mass is 19.4. The van der Waals surface area contributed by atoms with Crippen LogP contribution in [0.1, 0.15) is 23.6 Å². The zero-order valence-electron chi connectivity index (χ0n) is 20.3. The van der Waals surface area contributed by atoms with E-state index >= 15 is 0 Å². The van der Waals surface area contributed by atoms with Crippen molar-refractivity contribution in [2.75, 3.05) is 0 Å². The van der Waals surface area contributed by atoms with Crippen LogP contribution >= 0.6 is 0 Å². The molecule has 0 atom stereocenters. The number of aliphatic hydroxyl groups is 2. The molecule has 0 saturated carbocycles. The molecular formula is C21H14F18O4. The van der Waals surface area contributed by atoms with E-state index < -0.39 is 88.7 Å². The largest absolute Gasteiger partial charge is 0.439 e. The SMILES string of the molecule is C=C(C)C(=O)OC(C(F)(F)F)C(F)(F)F.C=Cc1cc(C(O)(C(F)(F)F)C(F)(F)F)cc(C(O)(C(F)(F)F)C(F)(F)F)c1. The lowest BCUT2D eigenvalue weighted by Gasteiger charge is -2.36. The molecule has 0 unspecified atom stereocenters. The van der Waals surface area contributed by atoms with Gasteiger partial charge in [0.05, 0.1) is 0 Å². The summed E-state index contributed by atoms with van der Waals surface area (Å²) in [4.78, 5) is 10.5. The molecule has 0 bridgehead atoms. The minimum atomic E-state index is -6.59. The number of hydrogen-bond donors (Lipinski definition) is 2. The van der Waals surface area contributed by atoms with Crippen molar-refractivity contribution in [1.82, 2.24) is 0 Å². The fraction of sp³-hybridized carbons (Fsp3) is 0.476. The summed E-state index contributed by atoms with van der Waals surface area (Å²) < 4.78 is 229. The van der Waals surface area contributed by atoms with Gasteiger partial charge in [-0.05, 0) is 30.7 Å². The molecule has 0 heterocycles. The van der Waals surface area contributed by atoms with Crippen molar-refractivity contribution in [3.63, 3.8) is 0 Å². The second-order valence-corrected chi connectivity index (χ2v) is 8.11. The van der Waals surface area contributed by atoms with Crippen LogP contribution in [0.2, 0.25) is 0 Å². The predicted octanol–water partition coefficient (Wildman–Crippen LogP) is 7.55. The van der Waals surface area contributed by atoms with E-state index in [2.05, 4.69) is 17.9 Å². The Morgan fingerprint density at radius 1 is 0.674 bits per heavy atom. The highest BCUT2D eigenvalue weighted by Gasteiger charge is 2.74. The van der Waals surface area contributed by atoms with Gasteiger partial charge in [0.1, 0.15) is 0 Å². The first-order valence-electron chi connectivity index (χ1n) is 10.1. The molecular weight excluding hydrogens is 658 g/mol. The summed E-state index contributed by atoms with van der Waals surface area (Å²) in [6.45, 7) is 6.64. The summed E-state index contributed by atoms with van der Waals surface area (Å²) >= 11 is 0. The zero-order valence-corrected chi connectivity index (χ0v) is 20.3. The number of rotatable bonds is 5. The average Bonchev–Trinajstić information content (AvgIpc) is 2.76. The van der Waals surface area contributed by atoms with E-state index in [1.54, 1.807) is 0 Å². The van der Waals surface area contributed by atoms with Crippen LogP contribution in [0, 0.1) is 0 Å². The number of benzene rings is 1. The molecule has 0 saturated heterocycles. The van der Waals surface area contributed by atoms with Crippen LogP contribution in [0.5, 0.6) is 0 Å². The van der Waals surface area contributed by atoms with Gasteiger partial charge < -0.3 is 14.9 Å². The fourth-order valence-corrected chi connectivity index (χ4v) is 2.69. The lowest BCUT2D eigenvalue weighted by Crippen LogP contribution is -2.55. The third-order valence-electron chi connectivity index (χ3n) is 4.84. The van der Waals surface area contributed by atoms with Crippen molar-refractivity contribution < 1.29 is 98.8 Å². The van der Waals surface area contributed by atoms with Crippen LogP contribution in [-0.2, 0) is 20.7 Å². The number of esters is 1. The van der Waals surface area contributed by atoms with E-state index in [9.17, 15) is 94.0 Å². The molecule has 0 radical (unpaired) electrons. The molecule has 22 heteroatoms. The van der Waals surface area contributed by atoms with Gasteiger partial charge in [-0.3, -0.25) is 0 Å². The Kier molecular flexibility index (Phi) is 11.2. The molecule has 0 aliphatic heterocycles. The fourth-order valence-electron chi connectivity index (χ4n) is 2.69. The first-order valence-corrected chi connectivity index (χ1v) is 10.1. The first-order chi connectivity index (χ1) is 18.6. The van der Waals surface area contributed by atoms with Crippen LogP contribution in [0.25, 0.3) is 6.08 Å². The highest BCUT2D eigenvalue weighted by Crippen LogP contribution is 2.54. The number of carbonyl (C=O) groups excluding carboxylic acids is 1. The van der Waals surface area contributed by atoms with Crippen LogP contribution in [-0.4, -0.2) is 59.3 Å². The molecule has 43 heavy (non-hydrogen) atoms. The molecule has 2 N–H and O–H groups in total. The Balaban J connectivity index is 0.000000994. The summed E-state index contributed by atoms with van der Waals surface area (Å²) in [5.41, 5.74) is -18.1. The number of carbonyl (C=O) groups is 1. The summed E-state index contributed by atoms with van der Waals surface area (Å²) in [6, 6.07) is -1.19. The second kappa shape index (κ2) is 12.1. The van der Waals surface area contributed by atoms with Crippen molar-refractivity contribution in [3.05, 3.63) is 53.6 Å². The van der Waals surface area contributed by atoms with Crippen LogP contribution in [0.15, 0.2) is 36.9 Å². The maximum Gasteiger partial charge on any atom is 0.434 e. The van der Waals surface area contributed by atoms with Crippen LogP contribution < -0.4 is 0 Å². The molecule has 1 rings (SSSR count). The smallest absolute Gasteiger partial charge is 0.434 e. The lowest BCUT2D eigenvalue weighted by atomic mass is 9.84. The van der Waals surface area contributed by atoms with Gasteiger partial charge in [0.25, 0.3) is 17.3 Å². The maximum absolute atomic E-state index is 12.9. The van der Waals surface area contributed by atoms with Gasteiger partial charge in [0.2, 0.25) is 0 Å². The normalized spacial score (nSPS) is 14.2. The summed E-state index contributed by atoms with van der Waals surface area (Å²) in [7, 11) is 0. The molecule has 0 aliphatic carbocycles. The molecule has 0 fully saturated rings. The Labute approximate surface area is 226 Å². The maximum atomic E-state index is 12.9. The number of halogens is 18. The monoisotopic (exact) mass is 672 g/mol. The zero-order chi connectivity index (χ0) is 35.0. The van der Waals surface area contributed by atoms with Crippen molar-refractivity contribution >= 4 is 12.0 Å². The minimum Gasteiger partial charge on any atom is -0.439 e. The summed E-state index contributed by atoms with van der Waals surface area (Å²) in [5, 5.41) is 18.5. The predicted molar refractivity (Wildman–Crippen MR) is 105 cm³/mol. The van der Waals surface area contributed by atoms with E-state index in [-0.39, 0.29) is 12.1 Å². The summed E-state index contributed by atoms with van der Waals surface area (Å²) in [5.74, 6) is -1.74. The van der Waals surface area contributed by atoms with E-state index in [1.165, 1.54) is 0 Å². The standard InChI is InChI=1S/C14H8F12O2.C7H6F6O2/c1-2-6-3-7(9(27,11(15,16)17)12(18,19)20)5-8(4-6)10(28,13(21,22)23)14(24,25)26;1-3(2)4(14)15-5(6(8,9)10)7(11,12)13/h2-5,27-28H,1H2;5H,1H2,2H3. The average molecular weight is 672 g/mol. The van der Waals surface area contributed by atoms with E-state index in [0.29, 0.717) is 6.08 Å². The van der Waals surface area contributed by atoms with E-state index in [4.69, 9.17) is 0 Å². The Morgan fingerprint density at radius 3 is 1.14 bits per heavy atom. The van der Waals surface area contributed by atoms with E-state index in [0.717, 1.165) is 6.92 Å². The minimum absolute atomic E-state index is 0.162. The van der Waals surface area contributed by atoms with Crippen molar-refractivity contribution in [1.29, 1.82) is 0 Å². The molecule has 0 aromatic heterocycles. The Hall–Kier alpha value is -3.17. The molecule has 248 valence electrons. The van der Waals surface area contributed by atoms with Crippen LogP contribution in [0.3, 0.4) is 0 Å². The molecule has 1 aromatic rings. The van der Waals surface area contributed by atoms with Crippen molar-refractivity contribution in [2.45, 2.75) is 61.3 Å². The second-order valence-electron chi connectivity index (χ2n) is 8.11. The van der Waals surface area contributed by atoms with Gasteiger partial charge >= 0.3 is 43.0 Å². The number of hydrogen-bond acceptors (Lipinski definition) is 4. The molecule has 0 aliphatic rings. The van der Waals surface area contributed by atoms with Gasteiger partial charge in [-0.15, -0.1) is 0 Å². The topological polar surface area (TPSA) is 66.8 Å². The Morgan fingerprint density at radius 2 is 0.953 bits per heavy atom. The molecule has 0 amide bonds. The molecule has 1 aromatic carbocycles. The third kappa shape index (κ3) is 8.48.